The van der Waals surface area contributed by atoms with Crippen LogP contribution in [0.5, 0.6) is 0 Å². The number of nitrogens with one attached hydrogen (secondary N) is 1. The highest BCUT2D eigenvalue weighted by Gasteiger charge is 2.18. The molecule has 0 bridgehead atoms. The molecule has 0 spiro atoms. The summed E-state index contributed by atoms with van der Waals surface area (Å²) >= 11 is 0. The Morgan fingerprint density at radius 2 is 2.33 bits per heavy atom. The third-order valence-corrected chi connectivity index (χ3v) is 4.08. The van der Waals surface area contributed by atoms with Gasteiger partial charge in [-0.2, -0.15) is 0 Å². The fourth-order valence-corrected chi connectivity index (χ4v) is 3.03. The summed E-state index contributed by atoms with van der Waals surface area (Å²) < 4.78 is 2.26. The van der Waals surface area contributed by atoms with Crippen LogP contribution in [-0.4, -0.2) is 16.1 Å². The minimum Gasteiger partial charge on any atom is -0.337 e. The first-order valence-corrected chi connectivity index (χ1v) is 7.49. The van der Waals surface area contributed by atoms with E-state index in [1.165, 1.54) is 32.1 Å². The number of nitrogens with zero attached hydrogens (tertiary/aromatic N) is 2. The molecule has 0 saturated heterocycles. The summed E-state index contributed by atoms with van der Waals surface area (Å²) in [6.45, 7) is 7.56. The molecule has 3 nitrogen and oxygen atoms in total. The van der Waals surface area contributed by atoms with E-state index in [9.17, 15) is 0 Å². The highest BCUT2D eigenvalue weighted by atomic mass is 15.0. The Morgan fingerprint density at radius 1 is 1.44 bits per heavy atom. The molecule has 3 heteroatoms. The van der Waals surface area contributed by atoms with Gasteiger partial charge in [-0.3, -0.25) is 0 Å². The van der Waals surface area contributed by atoms with Crippen molar-refractivity contribution in [1.29, 1.82) is 0 Å². The van der Waals surface area contributed by atoms with E-state index in [1.807, 2.05) is 6.33 Å². The zero-order chi connectivity index (χ0) is 12.8. The van der Waals surface area contributed by atoms with Crippen LogP contribution in [0, 0.1) is 11.8 Å². The molecule has 1 heterocycles. The molecule has 1 aromatic rings. The number of hydrogen-bond acceptors (Lipinski definition) is 2. The van der Waals surface area contributed by atoms with Crippen LogP contribution in [0.15, 0.2) is 12.5 Å². The molecule has 0 amide bonds. The van der Waals surface area contributed by atoms with E-state index in [1.54, 1.807) is 0 Å². The Hall–Kier alpha value is -0.830. The molecule has 1 saturated carbocycles. The second-order valence-corrected chi connectivity index (χ2v) is 5.81. The predicted octanol–water partition coefficient (Wildman–Crippen LogP) is 3.21. The van der Waals surface area contributed by atoms with E-state index in [0.29, 0.717) is 0 Å². The van der Waals surface area contributed by atoms with Gasteiger partial charge in [0.2, 0.25) is 0 Å². The van der Waals surface area contributed by atoms with Gasteiger partial charge >= 0.3 is 0 Å². The fourth-order valence-electron chi connectivity index (χ4n) is 3.03. The molecule has 2 rings (SSSR count). The minimum absolute atomic E-state index is 0.893. The molecule has 0 radical (unpaired) electrons. The van der Waals surface area contributed by atoms with Gasteiger partial charge in [-0.1, -0.05) is 33.1 Å². The molecule has 2 unspecified atom stereocenters. The summed E-state index contributed by atoms with van der Waals surface area (Å²) in [6.07, 6.45) is 11.2. The molecular formula is C15H27N3. The van der Waals surface area contributed by atoms with E-state index in [-0.39, 0.29) is 0 Å². The van der Waals surface area contributed by atoms with E-state index < -0.39 is 0 Å². The second-order valence-electron chi connectivity index (χ2n) is 5.81. The summed E-state index contributed by atoms with van der Waals surface area (Å²) in [5, 5.41) is 3.31. The molecule has 2 atom stereocenters. The average Bonchev–Trinajstić information content (AvgIpc) is 2.82. The van der Waals surface area contributed by atoms with Gasteiger partial charge in [0.05, 0.1) is 12.0 Å². The molecule has 1 N–H and O–H groups in total. The van der Waals surface area contributed by atoms with Crippen LogP contribution >= 0.6 is 0 Å². The van der Waals surface area contributed by atoms with Gasteiger partial charge in [0.15, 0.2) is 0 Å². The minimum atomic E-state index is 0.893. The number of hydrogen-bond donors (Lipinski definition) is 1. The topological polar surface area (TPSA) is 29.9 Å². The lowest BCUT2D eigenvalue weighted by Gasteiger charge is -2.26. The van der Waals surface area contributed by atoms with Crippen molar-refractivity contribution in [3.05, 3.63) is 18.2 Å². The second kappa shape index (κ2) is 6.93. The first-order chi connectivity index (χ1) is 8.78. The van der Waals surface area contributed by atoms with Crippen molar-refractivity contribution in [1.82, 2.24) is 14.9 Å². The van der Waals surface area contributed by atoms with E-state index >= 15 is 0 Å². The smallest absolute Gasteiger partial charge is 0.0949 e. The van der Waals surface area contributed by atoms with Crippen LogP contribution in [0.4, 0.5) is 0 Å². The Kier molecular flexibility index (Phi) is 5.24. The quantitative estimate of drug-likeness (QED) is 0.839. The van der Waals surface area contributed by atoms with Crippen LogP contribution in [0.3, 0.4) is 0 Å². The molecule has 102 valence electrons. The predicted molar refractivity (Wildman–Crippen MR) is 75.3 cm³/mol. The molecule has 1 fully saturated rings. The number of aryl methyl sites for hydroxylation is 1. The molecule has 0 aromatic carbocycles. The van der Waals surface area contributed by atoms with Gasteiger partial charge in [-0.05, 0) is 31.2 Å². The Bertz CT molecular complexity index is 345. The van der Waals surface area contributed by atoms with Crippen LogP contribution in [0.1, 0.15) is 51.6 Å². The highest BCUT2D eigenvalue weighted by Crippen LogP contribution is 2.30. The number of aromatic nitrogens is 2. The normalized spacial score (nSPS) is 24.3. The summed E-state index contributed by atoms with van der Waals surface area (Å²) in [5.41, 5.74) is 1.16. The van der Waals surface area contributed by atoms with Crippen molar-refractivity contribution in [2.75, 3.05) is 6.54 Å². The zero-order valence-electron chi connectivity index (χ0n) is 11.9. The van der Waals surface area contributed by atoms with Gasteiger partial charge in [0.25, 0.3) is 0 Å². The standard InChI is InChI=1S/C15H27N3/c1-3-16-10-15-11-18(12-17-15)8-7-14-6-4-5-13(2)9-14/h11-14,16H,3-10H2,1-2H3. The largest absolute Gasteiger partial charge is 0.337 e. The SMILES string of the molecule is CCNCc1cn(CCC2CCCC(C)C2)cn1. The molecule has 18 heavy (non-hydrogen) atoms. The average molecular weight is 249 g/mol. The molecular weight excluding hydrogens is 222 g/mol. The molecule has 1 aromatic heterocycles. The maximum atomic E-state index is 4.43. The van der Waals surface area contributed by atoms with Crippen LogP contribution in [0.25, 0.3) is 0 Å². The summed E-state index contributed by atoms with van der Waals surface area (Å²) in [5.74, 6) is 1.88. The maximum absolute atomic E-state index is 4.43. The van der Waals surface area contributed by atoms with Gasteiger partial charge < -0.3 is 9.88 Å². The molecule has 1 aliphatic carbocycles. The summed E-state index contributed by atoms with van der Waals surface area (Å²) in [7, 11) is 0. The van der Waals surface area contributed by atoms with Gasteiger partial charge in [-0.15, -0.1) is 0 Å². The fraction of sp³-hybridized carbons (Fsp3) is 0.800. The monoisotopic (exact) mass is 249 g/mol. The lowest BCUT2D eigenvalue weighted by Crippen LogP contribution is -2.15. The zero-order valence-corrected chi connectivity index (χ0v) is 11.9. The van der Waals surface area contributed by atoms with Crippen LogP contribution in [-0.2, 0) is 13.1 Å². The van der Waals surface area contributed by atoms with Gasteiger partial charge in [-0.25, -0.2) is 4.98 Å². The lowest BCUT2D eigenvalue weighted by atomic mass is 9.81. The van der Waals surface area contributed by atoms with Crippen molar-refractivity contribution in [2.24, 2.45) is 11.8 Å². The highest BCUT2D eigenvalue weighted by molar-refractivity contribution is 4.96. The number of imidazole rings is 1. The number of rotatable bonds is 6. The third kappa shape index (κ3) is 4.13. The summed E-state index contributed by atoms with van der Waals surface area (Å²) in [6, 6.07) is 0. The summed E-state index contributed by atoms with van der Waals surface area (Å²) in [4.78, 5) is 4.43. The first kappa shape index (κ1) is 13.6. The lowest BCUT2D eigenvalue weighted by molar-refractivity contribution is 0.261. The Morgan fingerprint density at radius 3 is 3.11 bits per heavy atom. The van der Waals surface area contributed by atoms with Gasteiger partial charge in [0, 0.05) is 19.3 Å². The van der Waals surface area contributed by atoms with Crippen molar-refractivity contribution < 1.29 is 0 Å². The molecule has 1 aliphatic rings. The Labute approximate surface area is 111 Å². The van der Waals surface area contributed by atoms with Crippen LogP contribution < -0.4 is 5.32 Å². The maximum Gasteiger partial charge on any atom is 0.0949 e. The van der Waals surface area contributed by atoms with Crippen molar-refractivity contribution in [2.45, 2.75) is 59.0 Å². The van der Waals surface area contributed by atoms with Crippen LogP contribution in [0.2, 0.25) is 0 Å². The van der Waals surface area contributed by atoms with Crippen molar-refractivity contribution in [3.8, 4) is 0 Å². The third-order valence-electron chi connectivity index (χ3n) is 4.08. The molecule has 0 aliphatic heterocycles. The van der Waals surface area contributed by atoms with E-state index in [0.717, 1.165) is 37.2 Å². The first-order valence-electron chi connectivity index (χ1n) is 7.49. The van der Waals surface area contributed by atoms with Crippen molar-refractivity contribution >= 4 is 0 Å². The van der Waals surface area contributed by atoms with Gasteiger partial charge in [0.1, 0.15) is 0 Å². The van der Waals surface area contributed by atoms with E-state index in [2.05, 4.69) is 34.9 Å². The Balaban J connectivity index is 1.74. The van der Waals surface area contributed by atoms with Crippen molar-refractivity contribution in [3.63, 3.8) is 0 Å². The van der Waals surface area contributed by atoms with E-state index in [4.69, 9.17) is 0 Å².